The van der Waals surface area contributed by atoms with Crippen molar-refractivity contribution in [2.45, 2.75) is 6.92 Å². The molecule has 0 aliphatic heterocycles. The molecule has 2 aromatic rings. The van der Waals surface area contributed by atoms with Gasteiger partial charge in [0.1, 0.15) is 0 Å². The fourth-order valence-electron chi connectivity index (χ4n) is 1.60. The van der Waals surface area contributed by atoms with E-state index in [4.69, 9.17) is 11.6 Å². The van der Waals surface area contributed by atoms with Crippen molar-refractivity contribution >= 4 is 68.4 Å². The minimum absolute atomic E-state index is 0.150. The van der Waals surface area contributed by atoms with Crippen LogP contribution in [0.5, 0.6) is 0 Å². The third-order valence-electron chi connectivity index (χ3n) is 2.62. The van der Waals surface area contributed by atoms with Crippen LogP contribution in [0, 0.1) is 14.1 Å². The van der Waals surface area contributed by atoms with Crippen LogP contribution in [0.25, 0.3) is 0 Å². The van der Waals surface area contributed by atoms with Gasteiger partial charge in [-0.3, -0.25) is 4.79 Å². The molecule has 0 saturated heterocycles. The maximum absolute atomic E-state index is 12.1. The molecule has 0 aromatic heterocycles. The number of benzene rings is 2. The number of aryl methyl sites for hydroxylation is 1. The van der Waals surface area contributed by atoms with Crippen molar-refractivity contribution in [3.8, 4) is 0 Å². The molecule has 5 heteroatoms. The molecule has 0 aliphatic rings. The fourth-order valence-corrected chi connectivity index (χ4v) is 2.76. The van der Waals surface area contributed by atoms with Crippen molar-refractivity contribution in [2.24, 2.45) is 0 Å². The normalized spacial score (nSPS) is 10.3. The molecule has 98 valence electrons. The molecule has 0 spiro atoms. The number of hydrogen-bond acceptors (Lipinski definition) is 1. The standard InChI is InChI=1S/C14H10ClI2NO/c1-8-6-10(16)3-5-13(8)18-14(19)9-2-4-12(17)11(15)7-9/h2-7H,1H3,(H,18,19). The number of amides is 1. The highest BCUT2D eigenvalue weighted by Gasteiger charge is 2.09. The number of nitrogens with one attached hydrogen (secondary N) is 1. The van der Waals surface area contributed by atoms with Crippen LogP contribution in [-0.2, 0) is 0 Å². The number of hydrogen-bond donors (Lipinski definition) is 1. The summed E-state index contributed by atoms with van der Waals surface area (Å²) >= 11 is 10.4. The van der Waals surface area contributed by atoms with Gasteiger partial charge in [0.15, 0.2) is 0 Å². The van der Waals surface area contributed by atoms with E-state index >= 15 is 0 Å². The molecular weight excluding hydrogens is 487 g/mol. The maximum Gasteiger partial charge on any atom is 0.255 e. The second kappa shape index (κ2) is 6.41. The molecule has 1 N–H and O–H groups in total. The van der Waals surface area contributed by atoms with E-state index in [1.807, 2.05) is 31.2 Å². The molecule has 0 bridgehead atoms. The quantitative estimate of drug-likeness (QED) is 0.575. The van der Waals surface area contributed by atoms with Crippen molar-refractivity contribution in [3.63, 3.8) is 0 Å². The molecule has 2 aromatic carbocycles. The van der Waals surface area contributed by atoms with Gasteiger partial charge in [-0.05, 0) is 94.1 Å². The van der Waals surface area contributed by atoms with Crippen LogP contribution in [0.15, 0.2) is 36.4 Å². The van der Waals surface area contributed by atoms with Crippen LogP contribution in [0.4, 0.5) is 5.69 Å². The van der Waals surface area contributed by atoms with Gasteiger partial charge in [-0.2, -0.15) is 0 Å². The highest BCUT2D eigenvalue weighted by atomic mass is 127. The summed E-state index contributed by atoms with van der Waals surface area (Å²) in [4.78, 5) is 12.1. The predicted octanol–water partition coefficient (Wildman–Crippen LogP) is 5.11. The van der Waals surface area contributed by atoms with Gasteiger partial charge < -0.3 is 5.32 Å². The molecule has 1 amide bonds. The van der Waals surface area contributed by atoms with E-state index in [9.17, 15) is 4.79 Å². The monoisotopic (exact) mass is 497 g/mol. The highest BCUT2D eigenvalue weighted by Crippen LogP contribution is 2.22. The summed E-state index contributed by atoms with van der Waals surface area (Å²) in [5, 5.41) is 3.49. The van der Waals surface area contributed by atoms with Crippen LogP contribution < -0.4 is 5.32 Å². The Morgan fingerprint density at radius 1 is 1.16 bits per heavy atom. The van der Waals surface area contributed by atoms with Crippen molar-refractivity contribution in [1.29, 1.82) is 0 Å². The van der Waals surface area contributed by atoms with Crippen molar-refractivity contribution < 1.29 is 4.79 Å². The number of anilines is 1. The Morgan fingerprint density at radius 2 is 1.89 bits per heavy atom. The smallest absolute Gasteiger partial charge is 0.255 e. The minimum atomic E-state index is -0.150. The van der Waals surface area contributed by atoms with Crippen LogP contribution in [0.3, 0.4) is 0 Å². The largest absolute Gasteiger partial charge is 0.322 e. The zero-order valence-electron chi connectivity index (χ0n) is 10.0. The first-order valence-corrected chi connectivity index (χ1v) is 8.03. The lowest BCUT2D eigenvalue weighted by molar-refractivity contribution is 0.102. The number of halogens is 3. The molecular formula is C14H10ClI2NO. The Labute approximate surface area is 144 Å². The number of rotatable bonds is 2. The first-order chi connectivity index (χ1) is 8.97. The molecule has 0 atom stereocenters. The summed E-state index contributed by atoms with van der Waals surface area (Å²) in [5.41, 5.74) is 2.42. The van der Waals surface area contributed by atoms with E-state index in [0.717, 1.165) is 18.4 Å². The van der Waals surface area contributed by atoms with Crippen LogP contribution in [-0.4, -0.2) is 5.91 Å². The molecule has 0 aliphatic carbocycles. The van der Waals surface area contributed by atoms with Crippen LogP contribution in [0.2, 0.25) is 5.02 Å². The molecule has 0 heterocycles. The lowest BCUT2D eigenvalue weighted by atomic mass is 10.1. The minimum Gasteiger partial charge on any atom is -0.322 e. The fraction of sp³-hybridized carbons (Fsp3) is 0.0714. The van der Waals surface area contributed by atoms with Gasteiger partial charge in [-0.15, -0.1) is 0 Å². The van der Waals surface area contributed by atoms with Gasteiger partial charge in [-0.25, -0.2) is 0 Å². The van der Waals surface area contributed by atoms with Crippen molar-refractivity contribution in [1.82, 2.24) is 0 Å². The Morgan fingerprint density at radius 3 is 2.53 bits per heavy atom. The van der Waals surface area contributed by atoms with Crippen LogP contribution in [0.1, 0.15) is 15.9 Å². The maximum atomic E-state index is 12.1. The molecule has 0 saturated carbocycles. The van der Waals surface area contributed by atoms with E-state index in [0.29, 0.717) is 10.6 Å². The number of carbonyl (C=O) groups is 1. The second-order valence-electron chi connectivity index (χ2n) is 4.04. The summed E-state index contributed by atoms with van der Waals surface area (Å²) in [7, 11) is 0. The topological polar surface area (TPSA) is 29.1 Å². The summed E-state index contributed by atoms with van der Waals surface area (Å²) < 4.78 is 2.08. The Balaban J connectivity index is 2.23. The summed E-state index contributed by atoms with van der Waals surface area (Å²) in [6, 6.07) is 11.2. The molecule has 2 rings (SSSR count). The molecule has 0 radical (unpaired) electrons. The van der Waals surface area contributed by atoms with Gasteiger partial charge >= 0.3 is 0 Å². The lowest BCUT2D eigenvalue weighted by Gasteiger charge is -2.09. The third-order valence-corrected chi connectivity index (χ3v) is 4.86. The molecule has 19 heavy (non-hydrogen) atoms. The van der Waals surface area contributed by atoms with Gasteiger partial charge in [0.05, 0.1) is 5.02 Å². The van der Waals surface area contributed by atoms with Gasteiger partial charge in [0.2, 0.25) is 0 Å². The first kappa shape index (κ1) is 15.1. The molecule has 2 nitrogen and oxygen atoms in total. The summed E-state index contributed by atoms with van der Waals surface area (Å²) in [6.07, 6.45) is 0. The number of carbonyl (C=O) groups excluding carboxylic acids is 1. The Hall–Kier alpha value is -0.340. The van der Waals surface area contributed by atoms with E-state index in [1.165, 1.54) is 0 Å². The Bertz CT molecular complexity index is 643. The average Bonchev–Trinajstić information content (AvgIpc) is 2.36. The van der Waals surface area contributed by atoms with Gasteiger partial charge in [0.25, 0.3) is 5.91 Å². The Kier molecular flexibility index (Phi) is 5.08. The second-order valence-corrected chi connectivity index (χ2v) is 6.86. The van der Waals surface area contributed by atoms with Crippen molar-refractivity contribution in [3.05, 3.63) is 59.7 Å². The zero-order chi connectivity index (χ0) is 14.0. The predicted molar refractivity (Wildman–Crippen MR) is 96.0 cm³/mol. The molecule has 0 unspecified atom stereocenters. The van der Waals surface area contributed by atoms with Crippen molar-refractivity contribution in [2.75, 3.05) is 5.32 Å². The average molecular weight is 498 g/mol. The van der Waals surface area contributed by atoms with E-state index in [2.05, 4.69) is 50.5 Å². The zero-order valence-corrected chi connectivity index (χ0v) is 15.1. The van der Waals surface area contributed by atoms with E-state index < -0.39 is 0 Å². The van der Waals surface area contributed by atoms with Crippen LogP contribution >= 0.6 is 56.8 Å². The van der Waals surface area contributed by atoms with Gasteiger partial charge in [-0.1, -0.05) is 11.6 Å². The van der Waals surface area contributed by atoms with Gasteiger partial charge in [0, 0.05) is 18.4 Å². The molecule has 0 fully saturated rings. The SMILES string of the molecule is Cc1cc(I)ccc1NC(=O)c1ccc(I)c(Cl)c1. The summed E-state index contributed by atoms with van der Waals surface area (Å²) in [6.45, 7) is 1.97. The lowest BCUT2D eigenvalue weighted by Crippen LogP contribution is -2.12. The van der Waals surface area contributed by atoms with E-state index in [1.54, 1.807) is 12.1 Å². The summed E-state index contributed by atoms with van der Waals surface area (Å²) in [5.74, 6) is -0.150. The van der Waals surface area contributed by atoms with E-state index in [-0.39, 0.29) is 5.91 Å². The highest BCUT2D eigenvalue weighted by molar-refractivity contribution is 14.1. The first-order valence-electron chi connectivity index (χ1n) is 5.50. The third kappa shape index (κ3) is 3.82.